The zero-order chi connectivity index (χ0) is 13.9. The van der Waals surface area contributed by atoms with Crippen LogP contribution in [0.5, 0.6) is 0 Å². The largest absolute Gasteiger partial charge is 0.391 e. The van der Waals surface area contributed by atoms with Gasteiger partial charge in [-0.25, -0.2) is 0 Å². The monoisotopic (exact) mass is 261 g/mol. The maximum absolute atomic E-state index is 12.2. The van der Waals surface area contributed by atoms with Gasteiger partial charge in [0, 0.05) is 18.5 Å². The van der Waals surface area contributed by atoms with E-state index in [9.17, 15) is 9.90 Å². The van der Waals surface area contributed by atoms with E-state index in [2.05, 4.69) is 12.1 Å². The minimum atomic E-state index is -0.368. The highest BCUT2D eigenvalue weighted by Crippen LogP contribution is 2.29. The molecule has 0 aromatic heterocycles. The van der Waals surface area contributed by atoms with Gasteiger partial charge in [-0.3, -0.25) is 4.79 Å². The van der Waals surface area contributed by atoms with E-state index in [1.54, 1.807) is 0 Å². The Morgan fingerprint density at radius 2 is 2.05 bits per heavy atom. The lowest BCUT2D eigenvalue weighted by Crippen LogP contribution is -2.42. The number of aliphatic hydroxyl groups is 1. The Hall–Kier alpha value is -1.35. The molecule has 1 aliphatic rings. The van der Waals surface area contributed by atoms with E-state index in [1.807, 2.05) is 36.9 Å². The molecule has 1 amide bonds. The quantitative estimate of drug-likeness (QED) is 0.904. The topological polar surface area (TPSA) is 40.5 Å². The molecular weight excluding hydrogens is 238 g/mol. The Kier molecular flexibility index (Phi) is 4.25. The van der Waals surface area contributed by atoms with Gasteiger partial charge in [0.15, 0.2) is 0 Å². The summed E-state index contributed by atoms with van der Waals surface area (Å²) in [4.78, 5) is 14.0. The molecule has 1 aromatic rings. The number of hydrogen-bond acceptors (Lipinski definition) is 2. The zero-order valence-corrected chi connectivity index (χ0v) is 11.8. The maximum atomic E-state index is 12.2. The number of benzene rings is 1. The molecule has 1 saturated heterocycles. The van der Waals surface area contributed by atoms with Crippen LogP contribution in [0.3, 0.4) is 0 Å². The number of carbonyl (C=O) groups excluding carboxylic acids is 1. The first-order valence-corrected chi connectivity index (χ1v) is 7.01. The minimum absolute atomic E-state index is 0.164. The Labute approximate surface area is 115 Å². The summed E-state index contributed by atoms with van der Waals surface area (Å²) in [6.07, 6.45) is 2.67. The lowest BCUT2D eigenvalue weighted by Gasteiger charge is -2.31. The molecule has 3 nitrogen and oxygen atoms in total. The van der Waals surface area contributed by atoms with Crippen LogP contribution in [0.1, 0.15) is 38.7 Å². The number of likely N-dealkylation sites (tertiary alicyclic amines) is 1. The van der Waals surface area contributed by atoms with E-state index in [-0.39, 0.29) is 17.6 Å². The second-order valence-corrected chi connectivity index (χ2v) is 6.01. The number of rotatable bonds is 4. The van der Waals surface area contributed by atoms with Gasteiger partial charge in [0.05, 0.1) is 6.10 Å². The summed E-state index contributed by atoms with van der Waals surface area (Å²) in [7, 11) is 0. The fraction of sp³-hybridized carbons (Fsp3) is 0.562. The van der Waals surface area contributed by atoms with Gasteiger partial charge in [0.1, 0.15) is 0 Å². The smallest absolute Gasteiger partial charge is 0.223 e. The van der Waals surface area contributed by atoms with Gasteiger partial charge in [-0.1, -0.05) is 30.3 Å². The van der Waals surface area contributed by atoms with E-state index in [0.29, 0.717) is 19.4 Å². The first-order valence-electron chi connectivity index (χ1n) is 7.01. The van der Waals surface area contributed by atoms with Crippen molar-refractivity contribution in [2.24, 2.45) is 0 Å². The molecule has 3 heteroatoms. The molecule has 0 saturated carbocycles. The van der Waals surface area contributed by atoms with Crippen molar-refractivity contribution in [3.05, 3.63) is 35.9 Å². The standard InChI is InChI=1S/C16H23NO2/c1-16(2)11-14(18)12-17(16)15(19)10-6-9-13-7-4-3-5-8-13/h3-5,7-8,14,18H,6,9-12H2,1-2H3. The molecule has 104 valence electrons. The van der Waals surface area contributed by atoms with Crippen molar-refractivity contribution in [2.45, 2.75) is 51.2 Å². The summed E-state index contributed by atoms with van der Waals surface area (Å²) in [6, 6.07) is 10.2. The van der Waals surface area contributed by atoms with Crippen LogP contribution in [0.2, 0.25) is 0 Å². The molecule has 1 aliphatic heterocycles. The second kappa shape index (κ2) is 5.74. The number of nitrogens with zero attached hydrogens (tertiary/aromatic N) is 1. The Morgan fingerprint density at radius 1 is 1.37 bits per heavy atom. The first kappa shape index (κ1) is 14.1. The molecule has 0 spiro atoms. The Morgan fingerprint density at radius 3 is 2.63 bits per heavy atom. The maximum Gasteiger partial charge on any atom is 0.223 e. The summed E-state index contributed by atoms with van der Waals surface area (Å²) in [5, 5.41) is 9.69. The number of carbonyl (C=O) groups is 1. The zero-order valence-electron chi connectivity index (χ0n) is 11.8. The van der Waals surface area contributed by atoms with Crippen molar-refractivity contribution in [3.8, 4) is 0 Å². The van der Waals surface area contributed by atoms with Gasteiger partial charge >= 0.3 is 0 Å². The summed E-state index contributed by atoms with van der Waals surface area (Å²) in [5.74, 6) is 0.164. The van der Waals surface area contributed by atoms with Crippen molar-refractivity contribution < 1.29 is 9.90 Å². The van der Waals surface area contributed by atoms with Crippen molar-refractivity contribution in [2.75, 3.05) is 6.54 Å². The Bertz CT molecular complexity index is 428. The number of aliphatic hydroxyl groups excluding tert-OH is 1. The molecule has 1 unspecified atom stereocenters. The van der Waals surface area contributed by atoms with E-state index in [4.69, 9.17) is 0 Å². The average Bonchev–Trinajstić information content (AvgIpc) is 2.64. The molecule has 1 N–H and O–H groups in total. The predicted octanol–water partition coefficient (Wildman–Crippen LogP) is 2.38. The van der Waals surface area contributed by atoms with Crippen LogP contribution in [-0.4, -0.2) is 34.1 Å². The van der Waals surface area contributed by atoms with Crippen molar-refractivity contribution in [1.29, 1.82) is 0 Å². The van der Waals surface area contributed by atoms with Gasteiger partial charge in [-0.2, -0.15) is 0 Å². The van der Waals surface area contributed by atoms with E-state index in [1.165, 1.54) is 5.56 Å². The first-order chi connectivity index (χ1) is 8.99. The van der Waals surface area contributed by atoms with Crippen LogP contribution in [0.15, 0.2) is 30.3 Å². The lowest BCUT2D eigenvalue weighted by molar-refractivity contribution is -0.134. The third kappa shape index (κ3) is 3.57. The van der Waals surface area contributed by atoms with Gasteiger partial charge in [-0.05, 0) is 38.7 Å². The highest BCUT2D eigenvalue weighted by Gasteiger charge is 2.39. The molecule has 1 atom stereocenters. The highest BCUT2D eigenvalue weighted by molar-refractivity contribution is 5.77. The van der Waals surface area contributed by atoms with Crippen molar-refractivity contribution >= 4 is 5.91 Å². The molecule has 0 aliphatic carbocycles. The van der Waals surface area contributed by atoms with Crippen LogP contribution < -0.4 is 0 Å². The van der Waals surface area contributed by atoms with Crippen LogP contribution >= 0.6 is 0 Å². The van der Waals surface area contributed by atoms with Crippen LogP contribution in [0.25, 0.3) is 0 Å². The lowest BCUT2D eigenvalue weighted by atomic mass is 10.0. The fourth-order valence-corrected chi connectivity index (χ4v) is 2.87. The molecule has 1 fully saturated rings. The summed E-state index contributed by atoms with van der Waals surface area (Å²) >= 11 is 0. The Balaban J connectivity index is 1.82. The number of aryl methyl sites for hydroxylation is 1. The van der Waals surface area contributed by atoms with Gasteiger partial charge in [0.2, 0.25) is 5.91 Å². The molecule has 1 aromatic carbocycles. The van der Waals surface area contributed by atoms with Crippen LogP contribution in [-0.2, 0) is 11.2 Å². The second-order valence-electron chi connectivity index (χ2n) is 6.01. The molecular formula is C16H23NO2. The molecule has 1 heterocycles. The van der Waals surface area contributed by atoms with Crippen molar-refractivity contribution in [1.82, 2.24) is 4.90 Å². The summed E-state index contributed by atoms with van der Waals surface area (Å²) in [5.41, 5.74) is 1.07. The normalized spacial score (nSPS) is 21.6. The van der Waals surface area contributed by atoms with E-state index < -0.39 is 0 Å². The van der Waals surface area contributed by atoms with E-state index in [0.717, 1.165) is 12.8 Å². The van der Waals surface area contributed by atoms with E-state index >= 15 is 0 Å². The van der Waals surface area contributed by atoms with Gasteiger partial charge in [0.25, 0.3) is 0 Å². The molecule has 0 bridgehead atoms. The third-order valence-corrected chi connectivity index (χ3v) is 3.86. The third-order valence-electron chi connectivity index (χ3n) is 3.86. The fourth-order valence-electron chi connectivity index (χ4n) is 2.87. The average molecular weight is 261 g/mol. The predicted molar refractivity (Wildman–Crippen MR) is 75.8 cm³/mol. The SMILES string of the molecule is CC1(C)CC(O)CN1C(=O)CCCc1ccccc1. The number of β-amino-alcohol motifs (C(OH)–C–C–N with tert-alkyl or cyclic N) is 1. The van der Waals surface area contributed by atoms with Gasteiger partial charge in [-0.15, -0.1) is 0 Å². The van der Waals surface area contributed by atoms with Crippen LogP contribution in [0, 0.1) is 0 Å². The number of amides is 1. The molecule has 2 rings (SSSR count). The number of hydrogen-bond donors (Lipinski definition) is 1. The minimum Gasteiger partial charge on any atom is -0.391 e. The molecule has 0 radical (unpaired) electrons. The molecule has 19 heavy (non-hydrogen) atoms. The van der Waals surface area contributed by atoms with Gasteiger partial charge < -0.3 is 10.0 Å². The van der Waals surface area contributed by atoms with Crippen LogP contribution in [0.4, 0.5) is 0 Å². The summed E-state index contributed by atoms with van der Waals surface area (Å²) < 4.78 is 0. The van der Waals surface area contributed by atoms with Crippen molar-refractivity contribution in [3.63, 3.8) is 0 Å². The summed E-state index contributed by atoms with van der Waals surface area (Å²) in [6.45, 7) is 4.54. The highest BCUT2D eigenvalue weighted by atomic mass is 16.3.